The van der Waals surface area contributed by atoms with Crippen LogP contribution in [0.3, 0.4) is 0 Å². The van der Waals surface area contributed by atoms with E-state index in [0.717, 1.165) is 112 Å². The van der Waals surface area contributed by atoms with Crippen LogP contribution in [0, 0.1) is 0 Å². The van der Waals surface area contributed by atoms with E-state index >= 15 is 0 Å². The molecule has 0 aliphatic rings. The number of likely N-dealkylation sites (N-methyl/N-ethyl adjacent to an activating group) is 6. The molecule has 6 aromatic heterocycles. The van der Waals surface area contributed by atoms with Crippen molar-refractivity contribution in [2.24, 2.45) is 0 Å². The topological polar surface area (TPSA) is 170 Å². The molecule has 0 spiro atoms. The number of nitrogens with zero attached hydrogens (tertiary/aromatic N) is 6. The molecule has 6 N–H and O–H groups in total. The molecule has 18 heteroatoms. The first-order valence-corrected chi connectivity index (χ1v) is 36.5. The fraction of sp³-hybridized carbons (Fsp3) is 0.429. The van der Waals surface area contributed by atoms with Gasteiger partial charge in [0.2, 0.25) is 0 Å². The van der Waals surface area contributed by atoms with Crippen LogP contribution in [-0.4, -0.2) is 223 Å². The van der Waals surface area contributed by atoms with E-state index in [0.29, 0.717) is 39.6 Å². The third-order valence-electron chi connectivity index (χ3n) is 17.3. The van der Waals surface area contributed by atoms with Gasteiger partial charge in [0.1, 0.15) is 34.5 Å². The third-order valence-corrected chi connectivity index (χ3v) is 17.3. The molecule has 18 nitrogen and oxygen atoms in total. The zero-order valence-electron chi connectivity index (χ0n) is 64.7. The van der Waals surface area contributed by atoms with Gasteiger partial charge in [-0.15, -0.1) is 0 Å². The van der Waals surface area contributed by atoms with Crippen LogP contribution in [0.15, 0.2) is 146 Å². The minimum Gasteiger partial charge on any atom is -0.494 e. The summed E-state index contributed by atoms with van der Waals surface area (Å²) >= 11 is 0. The van der Waals surface area contributed by atoms with Crippen LogP contribution < -0.4 is 28.4 Å². The number of H-pyrrole nitrogens is 6. The minimum absolute atomic E-state index is 0.711. The average molecular weight is 1390 g/mol. The summed E-state index contributed by atoms with van der Waals surface area (Å²) in [6, 6.07) is 37.3. The molecule has 12 aromatic rings. The Morgan fingerprint density at radius 3 is 0.471 bits per heavy atom. The fourth-order valence-electron chi connectivity index (χ4n) is 11.8. The number of rotatable bonds is 30. The standard InChI is InChI=1S/6C14H20N2O/c6*1-4-17-12-5-6-14-13(9-12)11(10-15-14)7-8-16(2)3/h6*5-6,9-10,15H,4,7-8H2,1-3H3. The van der Waals surface area contributed by atoms with Crippen LogP contribution in [0.4, 0.5) is 0 Å². The van der Waals surface area contributed by atoms with Gasteiger partial charge in [0.05, 0.1) is 39.6 Å². The van der Waals surface area contributed by atoms with E-state index in [4.69, 9.17) is 28.4 Å². The van der Waals surface area contributed by atoms with Gasteiger partial charge in [0.25, 0.3) is 0 Å². The molecule has 0 radical (unpaired) electrons. The van der Waals surface area contributed by atoms with Gasteiger partial charge in [-0.25, -0.2) is 0 Å². The molecule has 552 valence electrons. The summed E-state index contributed by atoms with van der Waals surface area (Å²) in [6.07, 6.45) is 19.0. The highest BCUT2D eigenvalue weighted by atomic mass is 16.5. The van der Waals surface area contributed by atoms with Crippen LogP contribution in [0.1, 0.15) is 74.9 Å². The van der Waals surface area contributed by atoms with Crippen LogP contribution in [0.2, 0.25) is 0 Å². The quantitative estimate of drug-likeness (QED) is 0.0252. The highest BCUT2D eigenvalue weighted by molar-refractivity contribution is 5.88. The lowest BCUT2D eigenvalue weighted by molar-refractivity contribution is 0.340. The van der Waals surface area contributed by atoms with Crippen LogP contribution in [0.25, 0.3) is 65.4 Å². The van der Waals surface area contributed by atoms with E-state index in [2.05, 4.69) is 254 Å². The molecular weight excluding hydrogens is 1270 g/mol. The molecule has 0 aliphatic carbocycles. The Bertz CT molecular complexity index is 3640. The number of aromatic amines is 6. The van der Waals surface area contributed by atoms with Crippen LogP contribution in [-0.2, 0) is 38.5 Å². The Morgan fingerprint density at radius 2 is 0.353 bits per heavy atom. The van der Waals surface area contributed by atoms with Crippen molar-refractivity contribution in [3.05, 3.63) is 180 Å². The summed E-state index contributed by atoms with van der Waals surface area (Å²) in [6.45, 7) is 22.7. The van der Waals surface area contributed by atoms with E-state index < -0.39 is 0 Å². The lowest BCUT2D eigenvalue weighted by atomic mass is 10.1. The van der Waals surface area contributed by atoms with Crippen molar-refractivity contribution in [2.75, 3.05) is 163 Å². The Hall–Kier alpha value is -8.88. The molecule has 0 saturated carbocycles. The van der Waals surface area contributed by atoms with E-state index in [1.54, 1.807) is 0 Å². The summed E-state index contributed by atoms with van der Waals surface area (Å²) in [5.41, 5.74) is 15.2. The maximum atomic E-state index is 5.54. The van der Waals surface area contributed by atoms with Gasteiger partial charge < -0.3 is 87.7 Å². The van der Waals surface area contributed by atoms with Crippen molar-refractivity contribution in [3.63, 3.8) is 0 Å². The number of fused-ring (bicyclic) bond motifs is 6. The van der Waals surface area contributed by atoms with E-state index in [9.17, 15) is 0 Å². The molecule has 102 heavy (non-hydrogen) atoms. The summed E-state index contributed by atoms with van der Waals surface area (Å²) in [5.74, 6) is 5.70. The first kappa shape index (κ1) is 80.4. The molecule has 12 rings (SSSR count). The number of hydrogen-bond donors (Lipinski definition) is 6. The molecule has 0 bridgehead atoms. The molecule has 6 aromatic carbocycles. The van der Waals surface area contributed by atoms with Gasteiger partial charge >= 0.3 is 0 Å². The van der Waals surface area contributed by atoms with Gasteiger partial charge in [-0.3, -0.25) is 0 Å². The number of hydrogen-bond acceptors (Lipinski definition) is 12. The highest BCUT2D eigenvalue weighted by Crippen LogP contribution is 2.30. The Morgan fingerprint density at radius 1 is 0.216 bits per heavy atom. The normalized spacial score (nSPS) is 11.3. The van der Waals surface area contributed by atoms with E-state index in [1.807, 2.05) is 77.9 Å². The predicted molar refractivity (Wildman–Crippen MR) is 430 cm³/mol. The van der Waals surface area contributed by atoms with Crippen molar-refractivity contribution in [1.29, 1.82) is 0 Å². The first-order valence-electron chi connectivity index (χ1n) is 36.5. The van der Waals surface area contributed by atoms with Crippen molar-refractivity contribution in [1.82, 2.24) is 59.3 Å². The summed E-state index contributed by atoms with van der Waals surface area (Å²) < 4.78 is 33.2. The lowest BCUT2D eigenvalue weighted by Gasteiger charge is -2.08. The van der Waals surface area contributed by atoms with Gasteiger partial charge in [-0.2, -0.15) is 0 Å². The van der Waals surface area contributed by atoms with Gasteiger partial charge in [0.15, 0.2) is 0 Å². The predicted octanol–water partition coefficient (Wildman–Crippen LogP) is 16.0. The maximum Gasteiger partial charge on any atom is 0.120 e. The second kappa shape index (κ2) is 41.9. The molecule has 0 amide bonds. The van der Waals surface area contributed by atoms with Crippen molar-refractivity contribution in [3.8, 4) is 34.5 Å². The second-order valence-corrected chi connectivity index (χ2v) is 27.0. The van der Waals surface area contributed by atoms with E-state index in [-0.39, 0.29) is 0 Å². The Balaban J connectivity index is 0.000000172. The highest BCUT2D eigenvalue weighted by Gasteiger charge is 2.12. The Kier molecular flexibility index (Phi) is 33.0. The molecule has 0 fully saturated rings. The third kappa shape index (κ3) is 25.3. The minimum atomic E-state index is 0.711. The zero-order valence-corrected chi connectivity index (χ0v) is 64.7. The summed E-state index contributed by atoms with van der Waals surface area (Å²) in [4.78, 5) is 33.0. The number of ether oxygens (including phenoxy) is 6. The second-order valence-electron chi connectivity index (χ2n) is 27.0. The van der Waals surface area contributed by atoms with Gasteiger partial charge in [-0.1, -0.05) is 0 Å². The summed E-state index contributed by atoms with van der Waals surface area (Å²) in [7, 11) is 25.2. The van der Waals surface area contributed by atoms with Gasteiger partial charge in [-0.05, 0) is 307 Å². The molecule has 0 unspecified atom stereocenters. The Labute approximate surface area is 607 Å². The molecule has 0 atom stereocenters. The lowest BCUT2D eigenvalue weighted by Crippen LogP contribution is -2.14. The molecule has 0 saturated heterocycles. The molecule has 6 heterocycles. The zero-order chi connectivity index (χ0) is 73.5. The maximum absolute atomic E-state index is 5.54. The van der Waals surface area contributed by atoms with Gasteiger partial charge in [0, 0.05) is 142 Å². The van der Waals surface area contributed by atoms with Crippen molar-refractivity contribution >= 4 is 65.4 Å². The molecular formula is C84H120N12O6. The summed E-state index contributed by atoms with van der Waals surface area (Å²) in [5, 5.41) is 7.65. The number of aromatic nitrogens is 6. The fourth-order valence-corrected chi connectivity index (χ4v) is 11.8. The average Bonchev–Trinajstić information content (AvgIpc) is 1.99. The van der Waals surface area contributed by atoms with E-state index in [1.165, 1.54) is 98.8 Å². The van der Waals surface area contributed by atoms with Crippen LogP contribution >= 0.6 is 0 Å². The smallest absolute Gasteiger partial charge is 0.120 e. The monoisotopic (exact) mass is 1390 g/mol. The largest absolute Gasteiger partial charge is 0.494 e. The van der Waals surface area contributed by atoms with Crippen LogP contribution in [0.5, 0.6) is 34.5 Å². The van der Waals surface area contributed by atoms with Crippen molar-refractivity contribution < 1.29 is 28.4 Å². The SMILES string of the molecule is CCOc1ccc2[nH]cc(CCN(C)C)c2c1.CCOc1ccc2[nH]cc(CCN(C)C)c2c1.CCOc1ccc2[nH]cc(CCN(C)C)c2c1.CCOc1ccc2[nH]cc(CCN(C)C)c2c1.CCOc1ccc2[nH]cc(CCN(C)C)c2c1.CCOc1ccc2[nH]cc(CCN(C)C)c2c1. The van der Waals surface area contributed by atoms with Crippen molar-refractivity contribution in [2.45, 2.75) is 80.1 Å². The number of benzene rings is 6. The molecule has 0 aliphatic heterocycles. The number of nitrogens with one attached hydrogen (secondary N) is 6. The first-order chi connectivity index (χ1) is 49.2.